The van der Waals surface area contributed by atoms with Gasteiger partial charge in [0.15, 0.2) is 11.8 Å². The Balaban J connectivity index is 1.55. The Hall–Kier alpha value is -1.44. The van der Waals surface area contributed by atoms with Crippen molar-refractivity contribution in [3.05, 3.63) is 28.2 Å². The Labute approximate surface area is 166 Å². The van der Waals surface area contributed by atoms with Crippen LogP contribution in [0.15, 0.2) is 23.3 Å². The van der Waals surface area contributed by atoms with E-state index in [-0.39, 0.29) is 18.6 Å². The molecule has 1 heterocycles. The van der Waals surface area contributed by atoms with E-state index in [0.717, 1.165) is 25.7 Å². The zero-order chi connectivity index (χ0) is 18.5. The van der Waals surface area contributed by atoms with Crippen molar-refractivity contribution in [1.29, 1.82) is 0 Å². The third-order valence-electron chi connectivity index (χ3n) is 4.27. The van der Waals surface area contributed by atoms with Crippen molar-refractivity contribution in [2.24, 2.45) is 5.10 Å². The van der Waals surface area contributed by atoms with Crippen molar-refractivity contribution >= 4 is 51.9 Å². The lowest BCUT2D eigenvalue weighted by atomic mass is 9.94. The van der Waals surface area contributed by atoms with E-state index in [1.165, 1.54) is 18.2 Å². The van der Waals surface area contributed by atoms with Crippen LogP contribution in [-0.4, -0.2) is 40.3 Å². The van der Waals surface area contributed by atoms with Crippen molar-refractivity contribution in [2.75, 3.05) is 12.4 Å². The molecule has 3 rings (SSSR count). The van der Waals surface area contributed by atoms with Crippen LogP contribution in [0.5, 0.6) is 5.75 Å². The fourth-order valence-corrected chi connectivity index (χ4v) is 4.39. The van der Waals surface area contributed by atoms with Gasteiger partial charge in [-0.2, -0.15) is 0 Å². The van der Waals surface area contributed by atoms with E-state index in [4.69, 9.17) is 27.9 Å². The molecule has 1 aromatic rings. The number of amides is 2. The summed E-state index contributed by atoms with van der Waals surface area (Å²) in [6.07, 6.45) is 5.41. The largest absolute Gasteiger partial charge is 0.482 e. The first kappa shape index (κ1) is 19.3. The molecule has 1 saturated heterocycles. The minimum atomic E-state index is -0.424. The van der Waals surface area contributed by atoms with Crippen molar-refractivity contribution in [1.82, 2.24) is 10.3 Å². The van der Waals surface area contributed by atoms with E-state index >= 15 is 0 Å². The lowest BCUT2D eigenvalue weighted by molar-refractivity contribution is -0.126. The quantitative estimate of drug-likeness (QED) is 0.744. The first-order valence-electron chi connectivity index (χ1n) is 8.44. The van der Waals surface area contributed by atoms with Crippen LogP contribution in [0.25, 0.3) is 0 Å². The predicted octanol–water partition coefficient (Wildman–Crippen LogP) is 3.67. The van der Waals surface area contributed by atoms with Gasteiger partial charge in [-0.05, 0) is 31.0 Å². The molecule has 140 valence electrons. The van der Waals surface area contributed by atoms with Crippen molar-refractivity contribution < 1.29 is 14.3 Å². The highest BCUT2D eigenvalue weighted by Crippen LogP contribution is 2.30. The van der Waals surface area contributed by atoms with Crippen molar-refractivity contribution in [2.45, 2.75) is 38.1 Å². The molecule has 1 aliphatic carbocycles. The fourth-order valence-electron chi connectivity index (χ4n) is 3.04. The minimum Gasteiger partial charge on any atom is -0.482 e. The summed E-state index contributed by atoms with van der Waals surface area (Å²) >= 11 is 13.2. The number of nitrogens with one attached hydrogen (secondary N) is 1. The van der Waals surface area contributed by atoms with Crippen LogP contribution in [0.2, 0.25) is 10.0 Å². The number of hydrogen-bond acceptors (Lipinski definition) is 5. The first-order valence-corrected chi connectivity index (χ1v) is 10.2. The van der Waals surface area contributed by atoms with Crippen LogP contribution >= 0.6 is 35.0 Å². The summed E-state index contributed by atoms with van der Waals surface area (Å²) in [4.78, 5) is 25.9. The molecule has 0 atom stereocenters. The van der Waals surface area contributed by atoms with Gasteiger partial charge in [0.1, 0.15) is 5.75 Å². The highest BCUT2D eigenvalue weighted by Gasteiger charge is 2.35. The maximum Gasteiger partial charge on any atom is 0.278 e. The number of ether oxygens (including phenoxy) is 1. The topological polar surface area (TPSA) is 71.0 Å². The molecule has 0 spiro atoms. The van der Waals surface area contributed by atoms with E-state index in [1.807, 2.05) is 0 Å². The molecule has 9 heteroatoms. The second-order valence-corrected chi connectivity index (χ2v) is 7.92. The number of carbonyl (C=O) groups excluding carboxylic acids is 2. The van der Waals surface area contributed by atoms with E-state index in [2.05, 4.69) is 10.5 Å². The highest BCUT2D eigenvalue weighted by atomic mass is 35.5. The number of benzene rings is 1. The van der Waals surface area contributed by atoms with Crippen LogP contribution in [0.1, 0.15) is 32.1 Å². The number of rotatable bonds is 5. The number of thioether (sulfide) groups is 1. The number of nitrogens with zero attached hydrogens (tertiary/aromatic N) is 2. The number of amidine groups is 1. The van der Waals surface area contributed by atoms with E-state index in [9.17, 15) is 9.59 Å². The number of halogens is 2. The normalized spacial score (nSPS) is 19.8. The Bertz CT molecular complexity index is 723. The summed E-state index contributed by atoms with van der Waals surface area (Å²) in [5.74, 6) is 0.363. The van der Waals surface area contributed by atoms with Gasteiger partial charge in [-0.1, -0.05) is 54.2 Å². The standard InChI is InChI=1S/C17H19Cl2N3O3S/c18-11-6-7-14(13(19)8-11)25-9-15(23)20-21-17-22(16(24)10-26-17)12-4-2-1-3-5-12/h6-8,12H,1-5,9-10H2,(H,20,23)/b21-17+. The van der Waals surface area contributed by atoms with Gasteiger partial charge in [-0.25, -0.2) is 5.43 Å². The molecule has 2 amide bonds. The summed E-state index contributed by atoms with van der Waals surface area (Å²) in [6.45, 7) is -0.236. The van der Waals surface area contributed by atoms with Gasteiger partial charge >= 0.3 is 0 Å². The SMILES string of the molecule is O=C(COc1ccc(Cl)cc1Cl)N/N=C1/SCC(=O)N1C1CCCCC1. The molecule has 6 nitrogen and oxygen atoms in total. The molecule has 0 unspecified atom stereocenters. The average Bonchev–Trinajstić information content (AvgIpc) is 3.00. The molecular weight excluding hydrogens is 397 g/mol. The first-order chi connectivity index (χ1) is 12.5. The molecule has 1 saturated carbocycles. The maximum absolute atomic E-state index is 12.2. The minimum absolute atomic E-state index is 0.0547. The molecule has 0 bridgehead atoms. The van der Waals surface area contributed by atoms with Crippen molar-refractivity contribution in [3.63, 3.8) is 0 Å². The van der Waals surface area contributed by atoms with Crippen LogP contribution in [0, 0.1) is 0 Å². The van der Waals surface area contributed by atoms with Gasteiger partial charge in [-0.15, -0.1) is 5.10 Å². The van der Waals surface area contributed by atoms with Gasteiger partial charge in [0.2, 0.25) is 5.91 Å². The molecule has 0 aromatic heterocycles. The summed E-state index contributed by atoms with van der Waals surface area (Å²) in [5.41, 5.74) is 2.46. The van der Waals surface area contributed by atoms with Gasteiger partial charge in [0.25, 0.3) is 5.91 Å². The smallest absolute Gasteiger partial charge is 0.278 e. The number of hydrazone groups is 1. The Morgan fingerprint density at radius 2 is 2.08 bits per heavy atom. The van der Waals surface area contributed by atoms with Crippen molar-refractivity contribution in [3.8, 4) is 5.75 Å². The van der Waals surface area contributed by atoms with E-state index < -0.39 is 5.91 Å². The molecule has 1 aromatic carbocycles. The second-order valence-electron chi connectivity index (χ2n) is 6.14. The molecular formula is C17H19Cl2N3O3S. The lowest BCUT2D eigenvalue weighted by Crippen LogP contribution is -2.41. The third-order valence-corrected chi connectivity index (χ3v) is 5.74. The lowest BCUT2D eigenvalue weighted by Gasteiger charge is -2.30. The van der Waals surface area contributed by atoms with Gasteiger partial charge < -0.3 is 4.74 Å². The Morgan fingerprint density at radius 1 is 1.31 bits per heavy atom. The summed E-state index contributed by atoms with van der Waals surface area (Å²) in [6, 6.07) is 4.95. The van der Waals surface area contributed by atoms with Crippen LogP contribution < -0.4 is 10.2 Å². The number of carbonyl (C=O) groups is 2. The zero-order valence-electron chi connectivity index (χ0n) is 14.0. The van der Waals surface area contributed by atoms with E-state index in [1.54, 1.807) is 23.1 Å². The average molecular weight is 416 g/mol. The summed E-state index contributed by atoms with van der Waals surface area (Å²) in [7, 11) is 0. The molecule has 0 radical (unpaired) electrons. The molecule has 1 N–H and O–H groups in total. The maximum atomic E-state index is 12.2. The Kier molecular flexibility index (Phi) is 6.67. The number of hydrogen-bond donors (Lipinski definition) is 1. The summed E-state index contributed by atoms with van der Waals surface area (Å²) < 4.78 is 5.37. The molecule has 2 fully saturated rings. The van der Waals surface area contributed by atoms with Crippen LogP contribution in [0.4, 0.5) is 0 Å². The molecule has 1 aliphatic heterocycles. The predicted molar refractivity (Wildman–Crippen MR) is 104 cm³/mol. The van der Waals surface area contributed by atoms with Gasteiger partial charge in [0, 0.05) is 11.1 Å². The monoisotopic (exact) mass is 415 g/mol. The highest BCUT2D eigenvalue weighted by molar-refractivity contribution is 8.15. The molecule has 26 heavy (non-hydrogen) atoms. The van der Waals surface area contributed by atoms with Gasteiger partial charge in [-0.3, -0.25) is 14.5 Å². The van der Waals surface area contributed by atoms with Crippen LogP contribution in [0.3, 0.4) is 0 Å². The second kappa shape index (κ2) is 8.97. The van der Waals surface area contributed by atoms with E-state index in [0.29, 0.717) is 26.7 Å². The molecule has 2 aliphatic rings. The van der Waals surface area contributed by atoms with Gasteiger partial charge in [0.05, 0.1) is 10.8 Å². The summed E-state index contributed by atoms with van der Waals surface area (Å²) in [5, 5.41) is 5.51. The van der Waals surface area contributed by atoms with Crippen LogP contribution in [-0.2, 0) is 9.59 Å². The zero-order valence-corrected chi connectivity index (χ0v) is 16.4. The fraction of sp³-hybridized carbons (Fsp3) is 0.471. The Morgan fingerprint density at radius 3 is 2.81 bits per heavy atom. The third kappa shape index (κ3) is 4.84.